The zero-order valence-corrected chi connectivity index (χ0v) is 13.8. The van der Waals surface area contributed by atoms with Gasteiger partial charge in [-0.25, -0.2) is 0 Å². The molecule has 4 nitrogen and oxygen atoms in total. The zero-order valence-electron chi connectivity index (χ0n) is 13.0. The molecule has 114 valence electrons. The maximum atomic E-state index is 8.84. The number of aromatic nitrogens is 3. The molecule has 0 bridgehead atoms. The molecule has 3 aromatic rings. The van der Waals surface area contributed by atoms with Crippen LogP contribution < -0.4 is 0 Å². The molecule has 0 spiro atoms. The summed E-state index contributed by atoms with van der Waals surface area (Å²) in [6.07, 6.45) is 1.74. The van der Waals surface area contributed by atoms with Crippen molar-refractivity contribution < 1.29 is 0 Å². The van der Waals surface area contributed by atoms with Crippen LogP contribution in [0, 0.1) is 25.2 Å². The fourth-order valence-electron chi connectivity index (χ4n) is 2.20. The van der Waals surface area contributed by atoms with Gasteiger partial charge in [0.15, 0.2) is 5.16 Å². The molecule has 0 N–H and O–H groups in total. The van der Waals surface area contributed by atoms with E-state index in [1.165, 1.54) is 11.1 Å². The highest BCUT2D eigenvalue weighted by atomic mass is 32.2. The lowest BCUT2D eigenvalue weighted by atomic mass is 10.1. The van der Waals surface area contributed by atoms with Crippen molar-refractivity contribution in [2.24, 2.45) is 0 Å². The molecule has 3 rings (SSSR count). The van der Waals surface area contributed by atoms with Gasteiger partial charge >= 0.3 is 0 Å². The normalized spacial score (nSPS) is 10.5. The average molecular weight is 320 g/mol. The summed E-state index contributed by atoms with van der Waals surface area (Å²) in [6, 6.07) is 16.1. The number of hydrogen-bond donors (Lipinski definition) is 0. The molecular weight excluding hydrogens is 304 g/mol. The zero-order chi connectivity index (χ0) is 16.2. The van der Waals surface area contributed by atoms with E-state index in [-0.39, 0.29) is 0 Å². The molecule has 5 heteroatoms. The summed E-state index contributed by atoms with van der Waals surface area (Å²) in [5.41, 5.74) is 5.42. The van der Waals surface area contributed by atoms with Crippen molar-refractivity contribution in [1.82, 2.24) is 14.8 Å². The summed E-state index contributed by atoms with van der Waals surface area (Å²) in [6.45, 7) is 4.21. The first-order valence-electron chi connectivity index (χ1n) is 7.27. The summed E-state index contributed by atoms with van der Waals surface area (Å²) in [7, 11) is 0. The summed E-state index contributed by atoms with van der Waals surface area (Å²) < 4.78 is 2.00. The number of nitrogens with zero attached hydrogens (tertiary/aromatic N) is 4. The second-order valence-corrected chi connectivity index (χ2v) is 6.29. The molecule has 0 unspecified atom stereocenters. The Morgan fingerprint density at radius 1 is 1.09 bits per heavy atom. The van der Waals surface area contributed by atoms with E-state index in [0.29, 0.717) is 5.56 Å². The minimum Gasteiger partial charge on any atom is -0.277 e. The monoisotopic (exact) mass is 320 g/mol. The van der Waals surface area contributed by atoms with E-state index in [9.17, 15) is 0 Å². The Morgan fingerprint density at radius 2 is 1.87 bits per heavy atom. The van der Waals surface area contributed by atoms with E-state index in [4.69, 9.17) is 5.26 Å². The standard InChI is InChI=1S/C18H16N4S/c1-13-3-8-17(9-14(13)2)22-12-20-21-18(22)23-11-16-6-4-15(10-19)5-7-16/h3-9,12H,11H2,1-2H3. The van der Waals surface area contributed by atoms with Crippen LogP contribution in [0.3, 0.4) is 0 Å². The molecule has 0 radical (unpaired) electrons. The molecule has 0 aliphatic heterocycles. The minimum atomic E-state index is 0.678. The molecule has 0 aliphatic carbocycles. The van der Waals surface area contributed by atoms with Crippen LogP contribution in [0.1, 0.15) is 22.3 Å². The van der Waals surface area contributed by atoms with Crippen LogP contribution in [0.25, 0.3) is 5.69 Å². The molecule has 0 aliphatic rings. The van der Waals surface area contributed by atoms with Crippen LogP contribution >= 0.6 is 11.8 Å². The minimum absolute atomic E-state index is 0.678. The summed E-state index contributed by atoms with van der Waals surface area (Å²) in [4.78, 5) is 0. The smallest absolute Gasteiger partial charge is 0.195 e. The summed E-state index contributed by atoms with van der Waals surface area (Å²) in [5.74, 6) is 0.787. The van der Waals surface area contributed by atoms with Crippen LogP contribution in [-0.4, -0.2) is 14.8 Å². The highest BCUT2D eigenvalue weighted by molar-refractivity contribution is 7.98. The van der Waals surface area contributed by atoms with Gasteiger partial charge in [0.2, 0.25) is 0 Å². The van der Waals surface area contributed by atoms with Gasteiger partial charge in [0.25, 0.3) is 0 Å². The first-order valence-corrected chi connectivity index (χ1v) is 8.25. The molecule has 0 saturated heterocycles. The first kappa shape index (κ1) is 15.3. The molecular formula is C18H16N4S. The van der Waals surface area contributed by atoms with E-state index >= 15 is 0 Å². The maximum Gasteiger partial charge on any atom is 0.195 e. The fourth-order valence-corrected chi connectivity index (χ4v) is 3.08. The highest BCUT2D eigenvalue weighted by Gasteiger charge is 2.08. The number of nitriles is 1. The number of rotatable bonds is 4. The molecule has 1 heterocycles. The lowest BCUT2D eigenvalue weighted by Crippen LogP contribution is -1.96. The fraction of sp³-hybridized carbons (Fsp3) is 0.167. The number of thioether (sulfide) groups is 1. The highest BCUT2D eigenvalue weighted by Crippen LogP contribution is 2.24. The van der Waals surface area contributed by atoms with Crippen molar-refractivity contribution >= 4 is 11.8 Å². The van der Waals surface area contributed by atoms with Gasteiger partial charge in [0.1, 0.15) is 6.33 Å². The van der Waals surface area contributed by atoms with Crippen LogP contribution in [-0.2, 0) is 5.75 Å². The maximum absolute atomic E-state index is 8.84. The number of benzene rings is 2. The lowest BCUT2D eigenvalue weighted by Gasteiger charge is -2.08. The van der Waals surface area contributed by atoms with Crippen LogP contribution in [0.4, 0.5) is 0 Å². The second-order valence-electron chi connectivity index (χ2n) is 5.35. The van der Waals surface area contributed by atoms with Crippen LogP contribution in [0.2, 0.25) is 0 Å². The Hall–Kier alpha value is -2.58. The lowest BCUT2D eigenvalue weighted by molar-refractivity contribution is 0.882. The Morgan fingerprint density at radius 3 is 2.57 bits per heavy atom. The van der Waals surface area contributed by atoms with Crippen molar-refractivity contribution in [2.75, 3.05) is 0 Å². The SMILES string of the molecule is Cc1ccc(-n2cnnc2SCc2ccc(C#N)cc2)cc1C. The van der Waals surface area contributed by atoms with Gasteiger partial charge in [-0.05, 0) is 54.8 Å². The molecule has 0 saturated carbocycles. The molecule has 0 atom stereocenters. The Balaban J connectivity index is 1.78. The summed E-state index contributed by atoms with van der Waals surface area (Å²) in [5, 5.41) is 18.0. The van der Waals surface area contributed by atoms with Gasteiger partial charge in [-0.1, -0.05) is 30.0 Å². The molecule has 2 aromatic carbocycles. The van der Waals surface area contributed by atoms with E-state index in [2.05, 4.69) is 48.3 Å². The van der Waals surface area contributed by atoms with Crippen molar-refractivity contribution in [3.05, 3.63) is 71.0 Å². The van der Waals surface area contributed by atoms with Gasteiger partial charge in [0, 0.05) is 11.4 Å². The molecule has 23 heavy (non-hydrogen) atoms. The van der Waals surface area contributed by atoms with Gasteiger partial charge in [0.05, 0.1) is 11.6 Å². The van der Waals surface area contributed by atoms with Crippen molar-refractivity contribution in [1.29, 1.82) is 5.26 Å². The van der Waals surface area contributed by atoms with Crippen LogP contribution in [0.15, 0.2) is 53.9 Å². The average Bonchev–Trinajstić information content (AvgIpc) is 3.04. The van der Waals surface area contributed by atoms with Gasteiger partial charge in [-0.15, -0.1) is 10.2 Å². The first-order chi connectivity index (χ1) is 11.2. The Labute approximate surface area is 139 Å². The van der Waals surface area contributed by atoms with E-state index in [0.717, 1.165) is 22.2 Å². The van der Waals surface area contributed by atoms with Crippen molar-refractivity contribution in [3.63, 3.8) is 0 Å². The topological polar surface area (TPSA) is 54.5 Å². The van der Waals surface area contributed by atoms with Gasteiger partial charge in [-0.2, -0.15) is 5.26 Å². The largest absolute Gasteiger partial charge is 0.277 e. The van der Waals surface area contributed by atoms with Crippen molar-refractivity contribution in [2.45, 2.75) is 24.8 Å². The molecule has 0 fully saturated rings. The Kier molecular flexibility index (Phi) is 4.45. The van der Waals surface area contributed by atoms with Gasteiger partial charge < -0.3 is 0 Å². The molecule has 1 aromatic heterocycles. The quantitative estimate of drug-likeness (QED) is 0.681. The van der Waals surface area contributed by atoms with Crippen LogP contribution in [0.5, 0.6) is 0 Å². The summed E-state index contributed by atoms with van der Waals surface area (Å²) >= 11 is 1.63. The Bertz CT molecular complexity index is 859. The van der Waals surface area contributed by atoms with E-state index in [1.807, 2.05) is 28.8 Å². The van der Waals surface area contributed by atoms with Gasteiger partial charge in [-0.3, -0.25) is 4.57 Å². The predicted molar refractivity (Wildman–Crippen MR) is 91.6 cm³/mol. The number of hydrogen-bond acceptors (Lipinski definition) is 4. The van der Waals surface area contributed by atoms with Crippen molar-refractivity contribution in [3.8, 4) is 11.8 Å². The van der Waals surface area contributed by atoms with E-state index < -0.39 is 0 Å². The number of aryl methyl sites for hydroxylation is 2. The molecule has 0 amide bonds. The third kappa shape index (κ3) is 3.43. The van der Waals surface area contributed by atoms with E-state index in [1.54, 1.807) is 18.1 Å². The predicted octanol–water partition coefficient (Wildman–Crippen LogP) is 4.05. The third-order valence-electron chi connectivity index (χ3n) is 3.74. The second kappa shape index (κ2) is 6.67. The third-order valence-corrected chi connectivity index (χ3v) is 4.75.